The molecule has 1 aliphatic heterocycles. The summed E-state index contributed by atoms with van der Waals surface area (Å²) in [5.74, 6) is 1.33. The summed E-state index contributed by atoms with van der Waals surface area (Å²) < 4.78 is 10.7. The second-order valence-corrected chi connectivity index (χ2v) is 5.00. The van der Waals surface area contributed by atoms with Gasteiger partial charge in [0.25, 0.3) is 0 Å². The highest BCUT2D eigenvalue weighted by atomic mass is 16.7. The average molecular weight is 299 g/mol. The van der Waals surface area contributed by atoms with Gasteiger partial charge in [0.05, 0.1) is 6.54 Å². The number of hydrogen-bond donors (Lipinski definition) is 1. The third-order valence-electron chi connectivity index (χ3n) is 3.43. The average Bonchev–Trinajstić information content (AvgIpc) is 3.02. The number of nitrogens with zero attached hydrogens (tertiary/aromatic N) is 2. The van der Waals surface area contributed by atoms with Crippen molar-refractivity contribution < 1.29 is 14.3 Å². The van der Waals surface area contributed by atoms with Crippen LogP contribution in [0.3, 0.4) is 0 Å². The summed E-state index contributed by atoms with van der Waals surface area (Å²) >= 11 is 0. The van der Waals surface area contributed by atoms with Gasteiger partial charge < -0.3 is 20.1 Å². The molecule has 2 heterocycles. The number of fused-ring (bicyclic) bond motifs is 1. The number of nitrogens with two attached hydrogens (primary N) is 1. The van der Waals surface area contributed by atoms with E-state index >= 15 is 0 Å². The fourth-order valence-corrected chi connectivity index (χ4v) is 2.33. The molecular formula is C16H17N3O3. The van der Waals surface area contributed by atoms with Crippen LogP contribution in [-0.4, -0.2) is 29.1 Å². The molecule has 1 aliphatic rings. The minimum atomic E-state index is -0.110. The summed E-state index contributed by atoms with van der Waals surface area (Å²) in [4.78, 5) is 17.9. The van der Waals surface area contributed by atoms with Gasteiger partial charge in [0.15, 0.2) is 11.5 Å². The summed E-state index contributed by atoms with van der Waals surface area (Å²) in [5, 5.41) is 0. The second-order valence-electron chi connectivity index (χ2n) is 5.00. The number of benzene rings is 1. The quantitative estimate of drug-likeness (QED) is 0.900. The molecule has 1 aromatic carbocycles. The molecule has 1 aromatic heterocycles. The summed E-state index contributed by atoms with van der Waals surface area (Å²) in [6.07, 6.45) is 3.45. The maximum absolute atomic E-state index is 12.1. The van der Waals surface area contributed by atoms with E-state index in [2.05, 4.69) is 4.98 Å². The fourth-order valence-electron chi connectivity index (χ4n) is 2.33. The Labute approximate surface area is 128 Å². The molecule has 0 atom stereocenters. The Bertz CT molecular complexity index is 661. The van der Waals surface area contributed by atoms with E-state index in [0.29, 0.717) is 18.8 Å². The SMILES string of the molecule is NCC(=O)N(Cc1cccnc1)Cc1ccc2c(c1)OCO2. The van der Waals surface area contributed by atoms with Gasteiger partial charge in [-0.3, -0.25) is 9.78 Å². The Hall–Kier alpha value is -2.60. The number of pyridine rings is 1. The molecule has 0 bridgehead atoms. The number of carbonyl (C=O) groups excluding carboxylic acids is 1. The maximum Gasteiger partial charge on any atom is 0.236 e. The van der Waals surface area contributed by atoms with Gasteiger partial charge >= 0.3 is 0 Å². The first-order chi connectivity index (χ1) is 10.8. The van der Waals surface area contributed by atoms with Gasteiger partial charge in [-0.1, -0.05) is 12.1 Å². The molecule has 0 saturated heterocycles. The molecule has 22 heavy (non-hydrogen) atoms. The molecule has 0 unspecified atom stereocenters. The van der Waals surface area contributed by atoms with E-state index in [1.807, 2.05) is 30.3 Å². The van der Waals surface area contributed by atoms with Crippen LogP contribution in [0.1, 0.15) is 11.1 Å². The van der Waals surface area contributed by atoms with E-state index < -0.39 is 0 Å². The molecule has 0 aliphatic carbocycles. The first-order valence-electron chi connectivity index (χ1n) is 7.01. The lowest BCUT2D eigenvalue weighted by atomic mass is 10.1. The summed E-state index contributed by atoms with van der Waals surface area (Å²) in [5.41, 5.74) is 7.45. The molecule has 0 saturated carbocycles. The first-order valence-corrected chi connectivity index (χ1v) is 7.01. The van der Waals surface area contributed by atoms with Gasteiger partial charge in [0, 0.05) is 25.5 Å². The standard InChI is InChI=1S/C16H17N3O3/c17-7-16(20)19(10-13-2-1-5-18-8-13)9-12-3-4-14-15(6-12)22-11-21-14/h1-6,8H,7,9-11,17H2. The highest BCUT2D eigenvalue weighted by Crippen LogP contribution is 2.32. The minimum Gasteiger partial charge on any atom is -0.454 e. The van der Waals surface area contributed by atoms with Crippen LogP contribution in [0.25, 0.3) is 0 Å². The fraction of sp³-hybridized carbons (Fsp3) is 0.250. The minimum absolute atomic E-state index is 0.0230. The molecule has 1 amide bonds. The van der Waals surface area contributed by atoms with Gasteiger partial charge in [-0.15, -0.1) is 0 Å². The number of ether oxygens (including phenoxy) is 2. The van der Waals surface area contributed by atoms with Crippen LogP contribution >= 0.6 is 0 Å². The molecule has 3 rings (SSSR count). The van der Waals surface area contributed by atoms with Crippen molar-refractivity contribution in [1.82, 2.24) is 9.88 Å². The zero-order valence-corrected chi connectivity index (χ0v) is 12.1. The molecule has 0 fully saturated rings. The third-order valence-corrected chi connectivity index (χ3v) is 3.43. The van der Waals surface area contributed by atoms with Crippen molar-refractivity contribution in [3.8, 4) is 11.5 Å². The largest absolute Gasteiger partial charge is 0.454 e. The molecule has 2 aromatic rings. The zero-order valence-electron chi connectivity index (χ0n) is 12.1. The Morgan fingerprint density at radius 2 is 2.00 bits per heavy atom. The van der Waals surface area contributed by atoms with Crippen LogP contribution < -0.4 is 15.2 Å². The highest BCUT2D eigenvalue weighted by molar-refractivity contribution is 5.78. The van der Waals surface area contributed by atoms with E-state index in [4.69, 9.17) is 15.2 Å². The van der Waals surface area contributed by atoms with Crippen LogP contribution in [0.2, 0.25) is 0 Å². The number of amides is 1. The predicted octanol–water partition coefficient (Wildman–Crippen LogP) is 1.30. The van der Waals surface area contributed by atoms with Crippen molar-refractivity contribution in [1.29, 1.82) is 0 Å². The molecular weight excluding hydrogens is 282 g/mol. The normalized spacial score (nSPS) is 12.2. The maximum atomic E-state index is 12.1. The van der Waals surface area contributed by atoms with Crippen LogP contribution in [0, 0.1) is 0 Å². The van der Waals surface area contributed by atoms with Gasteiger partial charge in [-0.25, -0.2) is 0 Å². The molecule has 114 valence electrons. The van der Waals surface area contributed by atoms with Crippen LogP contribution in [0.5, 0.6) is 11.5 Å². The lowest BCUT2D eigenvalue weighted by Gasteiger charge is -2.22. The van der Waals surface area contributed by atoms with Crippen molar-refractivity contribution in [2.75, 3.05) is 13.3 Å². The lowest BCUT2D eigenvalue weighted by molar-refractivity contribution is -0.130. The highest BCUT2D eigenvalue weighted by Gasteiger charge is 2.17. The number of rotatable bonds is 5. The monoisotopic (exact) mass is 299 g/mol. The van der Waals surface area contributed by atoms with E-state index in [-0.39, 0.29) is 19.2 Å². The van der Waals surface area contributed by atoms with Gasteiger partial charge in [0.1, 0.15) is 0 Å². The summed E-state index contributed by atoms with van der Waals surface area (Å²) in [6, 6.07) is 9.45. The van der Waals surface area contributed by atoms with E-state index in [1.165, 1.54) is 0 Å². The second kappa shape index (κ2) is 6.44. The van der Waals surface area contributed by atoms with Crippen LogP contribution in [0.4, 0.5) is 0 Å². The van der Waals surface area contributed by atoms with E-state index in [9.17, 15) is 4.79 Å². The Morgan fingerprint density at radius 3 is 2.77 bits per heavy atom. The van der Waals surface area contributed by atoms with Crippen molar-refractivity contribution >= 4 is 5.91 Å². The molecule has 0 spiro atoms. The van der Waals surface area contributed by atoms with Crippen molar-refractivity contribution in [3.63, 3.8) is 0 Å². The predicted molar refractivity (Wildman–Crippen MR) is 80.1 cm³/mol. The van der Waals surface area contributed by atoms with Crippen LogP contribution in [0.15, 0.2) is 42.7 Å². The van der Waals surface area contributed by atoms with Crippen molar-refractivity contribution in [2.24, 2.45) is 5.73 Å². The summed E-state index contributed by atoms with van der Waals surface area (Å²) in [6.45, 7) is 1.14. The third kappa shape index (κ3) is 3.17. The number of aromatic nitrogens is 1. The van der Waals surface area contributed by atoms with E-state index in [0.717, 1.165) is 16.9 Å². The molecule has 6 heteroatoms. The molecule has 6 nitrogen and oxygen atoms in total. The van der Waals surface area contributed by atoms with Gasteiger partial charge in [0.2, 0.25) is 12.7 Å². The Kier molecular flexibility index (Phi) is 4.20. The number of hydrogen-bond acceptors (Lipinski definition) is 5. The van der Waals surface area contributed by atoms with Crippen molar-refractivity contribution in [3.05, 3.63) is 53.9 Å². The molecule has 2 N–H and O–H groups in total. The van der Waals surface area contributed by atoms with Gasteiger partial charge in [-0.05, 0) is 29.3 Å². The van der Waals surface area contributed by atoms with Crippen molar-refractivity contribution in [2.45, 2.75) is 13.1 Å². The smallest absolute Gasteiger partial charge is 0.236 e. The van der Waals surface area contributed by atoms with Gasteiger partial charge in [-0.2, -0.15) is 0 Å². The molecule has 0 radical (unpaired) electrons. The zero-order chi connectivity index (χ0) is 15.4. The number of carbonyl (C=O) groups is 1. The van der Waals surface area contributed by atoms with Crippen LogP contribution in [-0.2, 0) is 17.9 Å². The topological polar surface area (TPSA) is 77.7 Å². The lowest BCUT2D eigenvalue weighted by Crippen LogP contribution is -2.35. The summed E-state index contributed by atoms with van der Waals surface area (Å²) in [7, 11) is 0. The van der Waals surface area contributed by atoms with E-state index in [1.54, 1.807) is 17.3 Å². The Balaban J connectivity index is 1.76. The first kappa shape index (κ1) is 14.3. The Morgan fingerprint density at radius 1 is 1.18 bits per heavy atom.